The maximum atomic E-state index is 15.5. The molecule has 0 aromatic heterocycles. The van der Waals surface area contributed by atoms with Gasteiger partial charge in [0.2, 0.25) is 0 Å². The first kappa shape index (κ1) is 39.1. The second-order valence-electron chi connectivity index (χ2n) is 10.5. The predicted octanol–water partition coefficient (Wildman–Crippen LogP) is 5.12. The van der Waals surface area contributed by atoms with Gasteiger partial charge in [0.1, 0.15) is 41.0 Å². The van der Waals surface area contributed by atoms with Gasteiger partial charge in [0.25, 0.3) is 0 Å². The fourth-order valence-electron chi connectivity index (χ4n) is 5.63. The van der Waals surface area contributed by atoms with E-state index in [1.54, 1.807) is 4.90 Å². The van der Waals surface area contributed by atoms with Crippen molar-refractivity contribution < 1.29 is 70.8 Å². The summed E-state index contributed by atoms with van der Waals surface area (Å²) in [5, 5.41) is 2.42. The summed E-state index contributed by atoms with van der Waals surface area (Å²) in [5.74, 6) is -45.6. The van der Waals surface area contributed by atoms with Gasteiger partial charge >= 0.3 is 0 Å². The molecule has 4 rings (SSSR count). The molecule has 0 spiro atoms. The Morgan fingerprint density at radius 2 is 0.633 bits per heavy atom. The molecule has 2 nitrogen and oxygen atoms in total. The van der Waals surface area contributed by atoms with E-state index in [2.05, 4.69) is 26.1 Å². The third kappa shape index (κ3) is 6.30. The van der Waals surface area contributed by atoms with Crippen molar-refractivity contribution in [3.05, 3.63) is 112 Å². The van der Waals surface area contributed by atoms with Crippen LogP contribution in [0, 0.1) is 87.3 Å². The molecule has 0 heterocycles. The molecule has 0 bridgehead atoms. The molecule has 0 fully saturated rings. The standard InChI is InChI=1S/C25H8BF15N.C6H15N/c1-42-7-4-2-6(3-5-7)26(8-11(27)17(33)23(39)18(34)12(8)28,9-13(29)19(35)24(40)20(36)14(9)30)10-15(31)21(37)25(41)22(38)16(10)32;1-4-7(5-2)6-3/h2-5,42H,1H3;4-6H2,1-3H3/q-1;/p+1. The largest absolute Gasteiger partial charge is 0.388 e. The summed E-state index contributed by atoms with van der Waals surface area (Å²) in [6, 6.07) is 2.33. The van der Waals surface area contributed by atoms with E-state index in [4.69, 9.17) is 0 Å². The third-order valence-electron chi connectivity index (χ3n) is 8.23. The molecule has 0 radical (unpaired) electrons. The SMILES string of the molecule is CC[NH+](CC)CC.CNc1ccc([B-](c2c(F)c(F)c(F)c(F)c2F)(c2c(F)c(F)c(F)c(F)c2F)c2c(F)c(F)c(F)c(F)c2F)cc1. The first-order valence-corrected chi connectivity index (χ1v) is 14.2. The average Bonchev–Trinajstić information content (AvgIpc) is 3.10. The number of halogens is 15. The Hall–Kier alpha value is -4.35. The van der Waals surface area contributed by atoms with E-state index < -0.39 is 115 Å². The van der Waals surface area contributed by atoms with Crippen LogP contribution < -0.4 is 32.1 Å². The highest BCUT2D eigenvalue weighted by Crippen LogP contribution is 2.28. The Morgan fingerprint density at radius 1 is 0.408 bits per heavy atom. The summed E-state index contributed by atoms with van der Waals surface area (Å²) < 4.78 is 222. The van der Waals surface area contributed by atoms with Crippen molar-refractivity contribution in [1.82, 2.24) is 0 Å². The van der Waals surface area contributed by atoms with Crippen LogP contribution in [0.2, 0.25) is 0 Å². The molecule has 2 N–H and O–H groups in total. The van der Waals surface area contributed by atoms with Gasteiger partial charge in [-0.2, -0.15) is 5.46 Å². The van der Waals surface area contributed by atoms with E-state index in [0.717, 1.165) is 12.1 Å². The molecule has 0 aliphatic rings. The molecule has 0 aliphatic heterocycles. The molecule has 0 unspecified atom stereocenters. The molecule has 0 amide bonds. The van der Waals surface area contributed by atoms with Gasteiger partial charge in [-0.15, -0.1) is 16.4 Å². The molecule has 0 atom stereocenters. The monoisotopic (exact) mass is 720 g/mol. The minimum Gasteiger partial charge on any atom is -0.388 e. The normalized spacial score (nSPS) is 11.6. The minimum absolute atomic E-state index is 0.0457. The number of nitrogens with one attached hydrogen (secondary N) is 2. The van der Waals surface area contributed by atoms with Gasteiger partial charge in [0, 0.05) is 12.7 Å². The van der Waals surface area contributed by atoms with Crippen molar-refractivity contribution in [3.8, 4) is 0 Å². The molecule has 4 aromatic rings. The lowest BCUT2D eigenvalue weighted by molar-refractivity contribution is -0.894. The predicted molar refractivity (Wildman–Crippen MR) is 152 cm³/mol. The Balaban J connectivity index is 0.000000838. The zero-order chi connectivity index (χ0) is 37.3. The summed E-state index contributed by atoms with van der Waals surface area (Å²) in [7, 11) is 1.23. The fraction of sp³-hybridized carbons (Fsp3) is 0.226. The van der Waals surface area contributed by atoms with Crippen LogP contribution in [0.15, 0.2) is 24.3 Å². The molecule has 18 heteroatoms. The van der Waals surface area contributed by atoms with E-state index in [1.165, 1.54) is 26.7 Å². The lowest BCUT2D eigenvalue weighted by Crippen LogP contribution is -3.11. The first-order valence-electron chi connectivity index (χ1n) is 14.2. The van der Waals surface area contributed by atoms with Crippen molar-refractivity contribution >= 4 is 33.7 Å². The molecule has 49 heavy (non-hydrogen) atoms. The van der Waals surface area contributed by atoms with Gasteiger partial charge in [-0.05, 0) is 32.9 Å². The van der Waals surface area contributed by atoms with Crippen molar-refractivity contribution in [2.45, 2.75) is 20.8 Å². The quantitative estimate of drug-likeness (QED) is 0.112. The van der Waals surface area contributed by atoms with E-state index in [1.807, 2.05) is 0 Å². The number of anilines is 1. The number of hydrogen-bond donors (Lipinski definition) is 2. The highest BCUT2D eigenvalue weighted by atomic mass is 19.2. The average molecular weight is 720 g/mol. The smallest absolute Gasteiger partial charge is 0.200 e. The number of hydrogen-bond acceptors (Lipinski definition) is 1. The maximum Gasteiger partial charge on any atom is 0.200 e. The van der Waals surface area contributed by atoms with Gasteiger partial charge in [-0.1, -0.05) is 12.1 Å². The fourth-order valence-corrected chi connectivity index (χ4v) is 5.63. The van der Waals surface area contributed by atoms with Crippen LogP contribution >= 0.6 is 0 Å². The van der Waals surface area contributed by atoms with Gasteiger partial charge in [0.15, 0.2) is 52.4 Å². The second kappa shape index (κ2) is 15.0. The lowest BCUT2D eigenvalue weighted by atomic mass is 9.12. The molecular formula is C31H24BF15N2. The van der Waals surface area contributed by atoms with Crippen LogP contribution in [0.3, 0.4) is 0 Å². The van der Waals surface area contributed by atoms with Crippen molar-refractivity contribution in [1.29, 1.82) is 0 Å². The van der Waals surface area contributed by atoms with E-state index in [9.17, 15) is 39.5 Å². The molecule has 266 valence electrons. The Labute approximate surface area is 269 Å². The summed E-state index contributed by atoms with van der Waals surface area (Å²) >= 11 is 0. The number of rotatable bonds is 8. The van der Waals surface area contributed by atoms with Crippen molar-refractivity contribution in [3.63, 3.8) is 0 Å². The van der Waals surface area contributed by atoms with Crippen LogP contribution in [0.4, 0.5) is 71.5 Å². The minimum atomic E-state index is -5.77. The van der Waals surface area contributed by atoms with Gasteiger partial charge in [-0.3, -0.25) is 0 Å². The molecule has 0 aliphatic carbocycles. The van der Waals surface area contributed by atoms with Crippen LogP contribution in [-0.2, 0) is 0 Å². The van der Waals surface area contributed by atoms with Gasteiger partial charge in [0.05, 0.1) is 19.6 Å². The van der Waals surface area contributed by atoms with Crippen LogP contribution in [-0.4, -0.2) is 32.8 Å². The Kier molecular flexibility index (Phi) is 12.0. The van der Waals surface area contributed by atoms with Crippen molar-refractivity contribution in [2.24, 2.45) is 0 Å². The maximum absolute atomic E-state index is 15.5. The van der Waals surface area contributed by atoms with Crippen LogP contribution in [0.1, 0.15) is 20.8 Å². The third-order valence-corrected chi connectivity index (χ3v) is 8.23. The Bertz CT molecular complexity index is 1620. The summed E-state index contributed by atoms with van der Waals surface area (Å²) in [6.07, 6.45) is -5.77. The zero-order valence-corrected chi connectivity index (χ0v) is 25.7. The van der Waals surface area contributed by atoms with E-state index >= 15 is 26.3 Å². The van der Waals surface area contributed by atoms with E-state index in [-0.39, 0.29) is 5.69 Å². The molecule has 0 saturated carbocycles. The Morgan fingerprint density at radius 3 is 0.816 bits per heavy atom. The molecular weight excluding hydrogens is 696 g/mol. The first-order chi connectivity index (χ1) is 22.9. The molecule has 4 aromatic carbocycles. The second-order valence-corrected chi connectivity index (χ2v) is 10.5. The summed E-state index contributed by atoms with van der Waals surface area (Å²) in [6.45, 7) is 10.5. The van der Waals surface area contributed by atoms with Crippen molar-refractivity contribution in [2.75, 3.05) is 32.0 Å². The van der Waals surface area contributed by atoms with Crippen LogP contribution in [0.5, 0.6) is 0 Å². The topological polar surface area (TPSA) is 16.5 Å². The highest BCUT2D eigenvalue weighted by molar-refractivity contribution is 7.20. The number of benzene rings is 4. The zero-order valence-electron chi connectivity index (χ0n) is 25.7. The number of quaternary nitrogens is 1. The van der Waals surface area contributed by atoms with Gasteiger partial charge < -0.3 is 10.2 Å². The highest BCUT2D eigenvalue weighted by Gasteiger charge is 2.48. The molecule has 0 saturated heterocycles. The summed E-state index contributed by atoms with van der Waals surface area (Å²) in [5.41, 5.74) is -9.51. The lowest BCUT2D eigenvalue weighted by Gasteiger charge is -2.44. The van der Waals surface area contributed by atoms with E-state index in [0.29, 0.717) is 12.1 Å². The summed E-state index contributed by atoms with van der Waals surface area (Å²) in [4.78, 5) is 1.68. The van der Waals surface area contributed by atoms with Gasteiger partial charge in [-0.25, -0.2) is 65.9 Å². The van der Waals surface area contributed by atoms with Crippen LogP contribution in [0.25, 0.3) is 0 Å².